The summed E-state index contributed by atoms with van der Waals surface area (Å²) in [5.74, 6) is 1.67. The summed E-state index contributed by atoms with van der Waals surface area (Å²) in [4.78, 5) is 7.30. The Morgan fingerprint density at radius 2 is 2.11 bits per heavy atom. The molecule has 27 heavy (non-hydrogen) atoms. The van der Waals surface area contributed by atoms with Crippen molar-refractivity contribution in [3.63, 3.8) is 0 Å². The maximum atomic E-state index is 4.91. The van der Waals surface area contributed by atoms with Crippen molar-refractivity contribution in [3.05, 3.63) is 34.9 Å². The summed E-state index contributed by atoms with van der Waals surface area (Å²) in [5.41, 5.74) is 4.82. The van der Waals surface area contributed by atoms with Crippen LogP contribution in [0, 0.1) is 19.8 Å². The lowest BCUT2D eigenvalue weighted by atomic mass is 10.0. The lowest BCUT2D eigenvalue weighted by Crippen LogP contribution is -2.40. The first-order chi connectivity index (χ1) is 12.5. The summed E-state index contributed by atoms with van der Waals surface area (Å²) in [7, 11) is 3.97. The summed E-state index contributed by atoms with van der Waals surface area (Å²) in [6.07, 6.45) is 6.39. The summed E-state index contributed by atoms with van der Waals surface area (Å²) >= 11 is 0. The lowest BCUT2D eigenvalue weighted by Gasteiger charge is -2.21. The average Bonchev–Trinajstić information content (AvgIpc) is 3.28. The van der Waals surface area contributed by atoms with Crippen LogP contribution in [0.3, 0.4) is 0 Å². The molecule has 2 aromatic heterocycles. The molecule has 1 aliphatic heterocycles. The topological polar surface area (TPSA) is 63.3 Å². The second kappa shape index (κ2) is 9.57. The molecular weight excluding hydrogens is 453 g/mol. The molecule has 0 radical (unpaired) electrons. The first kappa shape index (κ1) is 21.7. The van der Waals surface area contributed by atoms with Gasteiger partial charge >= 0.3 is 0 Å². The van der Waals surface area contributed by atoms with Crippen LogP contribution >= 0.6 is 24.0 Å². The highest BCUT2D eigenvalue weighted by atomic mass is 127. The number of aryl methyl sites for hydroxylation is 3. The van der Waals surface area contributed by atoms with Crippen LogP contribution in [-0.2, 0) is 27.1 Å². The predicted octanol–water partition coefficient (Wildman–Crippen LogP) is 2.42. The van der Waals surface area contributed by atoms with Gasteiger partial charge in [-0.05, 0) is 45.1 Å². The number of halogens is 1. The Hall–Kier alpha value is -1.58. The fraction of sp³-hybridized carbons (Fsp3) is 0.632. The smallest absolute Gasteiger partial charge is 0.194 e. The van der Waals surface area contributed by atoms with E-state index in [4.69, 9.17) is 4.99 Å². The van der Waals surface area contributed by atoms with Gasteiger partial charge in [0.1, 0.15) is 0 Å². The minimum absolute atomic E-state index is 0. The van der Waals surface area contributed by atoms with E-state index in [9.17, 15) is 0 Å². The first-order valence-electron chi connectivity index (χ1n) is 9.47. The van der Waals surface area contributed by atoms with Crippen molar-refractivity contribution >= 4 is 29.9 Å². The Morgan fingerprint density at radius 3 is 2.70 bits per heavy atom. The van der Waals surface area contributed by atoms with E-state index in [1.54, 1.807) is 0 Å². The molecule has 2 aromatic rings. The van der Waals surface area contributed by atoms with E-state index in [1.807, 2.05) is 29.7 Å². The number of aromatic nitrogens is 4. The number of rotatable bonds is 5. The summed E-state index contributed by atoms with van der Waals surface area (Å²) in [5, 5.41) is 12.2. The average molecular weight is 485 g/mol. The molecule has 1 atom stereocenters. The van der Waals surface area contributed by atoms with Crippen LogP contribution in [0.2, 0.25) is 0 Å². The monoisotopic (exact) mass is 485 g/mol. The van der Waals surface area contributed by atoms with Crippen molar-refractivity contribution in [1.29, 1.82) is 0 Å². The number of hydrogen-bond donors (Lipinski definition) is 1. The minimum atomic E-state index is 0. The van der Waals surface area contributed by atoms with Gasteiger partial charge in [-0.25, -0.2) is 4.99 Å². The molecule has 0 spiro atoms. The highest BCUT2D eigenvalue weighted by Gasteiger charge is 2.25. The maximum Gasteiger partial charge on any atom is 0.194 e. The fourth-order valence-corrected chi connectivity index (χ4v) is 3.73. The maximum absolute atomic E-state index is 4.91. The quantitative estimate of drug-likeness (QED) is 0.402. The normalized spacial score (nSPS) is 17.3. The van der Waals surface area contributed by atoms with Crippen molar-refractivity contribution in [2.75, 3.05) is 19.6 Å². The Kier molecular flexibility index (Phi) is 7.69. The van der Waals surface area contributed by atoms with Crippen LogP contribution in [0.25, 0.3) is 0 Å². The van der Waals surface area contributed by atoms with Gasteiger partial charge in [0.2, 0.25) is 0 Å². The van der Waals surface area contributed by atoms with Gasteiger partial charge in [-0.3, -0.25) is 9.36 Å². The Balaban J connectivity index is 0.00000261. The molecule has 1 fully saturated rings. The first-order valence-corrected chi connectivity index (χ1v) is 9.47. The molecule has 3 rings (SSSR count). The standard InChI is InChI=1S/C19H31N7.HI/c1-6-20-19(21-11-18-14(2)23-25(5)15(18)3)26-8-7-16(13-26)9-17-10-22-24(4)12-17;/h10,12,16H,6-9,11,13H2,1-5H3,(H,20,21);1H. The van der Waals surface area contributed by atoms with Crippen LogP contribution < -0.4 is 5.32 Å². The van der Waals surface area contributed by atoms with Crippen LogP contribution in [0.1, 0.15) is 35.9 Å². The number of likely N-dealkylation sites (tertiary alicyclic amines) is 1. The second-order valence-corrected chi connectivity index (χ2v) is 7.27. The van der Waals surface area contributed by atoms with E-state index >= 15 is 0 Å². The van der Waals surface area contributed by atoms with E-state index < -0.39 is 0 Å². The van der Waals surface area contributed by atoms with E-state index in [0.717, 1.165) is 37.7 Å². The van der Waals surface area contributed by atoms with Crippen molar-refractivity contribution in [1.82, 2.24) is 29.8 Å². The molecular formula is C19H32IN7. The molecule has 0 aromatic carbocycles. The minimum Gasteiger partial charge on any atom is -0.357 e. The van der Waals surface area contributed by atoms with Crippen molar-refractivity contribution in [3.8, 4) is 0 Å². The van der Waals surface area contributed by atoms with E-state index in [2.05, 4.69) is 47.4 Å². The molecule has 1 N–H and O–H groups in total. The number of aliphatic imine (C=N–C) groups is 1. The van der Waals surface area contributed by atoms with Gasteiger partial charge in [0.05, 0.1) is 18.4 Å². The molecule has 1 saturated heterocycles. The third-order valence-electron chi connectivity index (χ3n) is 5.25. The van der Waals surface area contributed by atoms with Gasteiger partial charge in [-0.15, -0.1) is 24.0 Å². The van der Waals surface area contributed by atoms with Crippen LogP contribution in [0.5, 0.6) is 0 Å². The molecule has 0 bridgehead atoms. The number of nitrogens with one attached hydrogen (secondary N) is 1. The fourth-order valence-electron chi connectivity index (χ4n) is 3.73. The zero-order chi connectivity index (χ0) is 18.7. The number of hydrogen-bond acceptors (Lipinski definition) is 3. The molecule has 8 heteroatoms. The highest BCUT2D eigenvalue weighted by Crippen LogP contribution is 2.21. The Labute approximate surface area is 179 Å². The van der Waals surface area contributed by atoms with Gasteiger partial charge in [0.25, 0.3) is 0 Å². The van der Waals surface area contributed by atoms with Crippen LogP contribution in [0.4, 0.5) is 0 Å². The molecule has 0 saturated carbocycles. The third kappa shape index (κ3) is 5.24. The van der Waals surface area contributed by atoms with E-state index in [1.165, 1.54) is 23.2 Å². The summed E-state index contributed by atoms with van der Waals surface area (Å²) < 4.78 is 3.82. The number of guanidine groups is 1. The van der Waals surface area contributed by atoms with Gasteiger partial charge in [-0.2, -0.15) is 10.2 Å². The third-order valence-corrected chi connectivity index (χ3v) is 5.25. The van der Waals surface area contributed by atoms with Crippen LogP contribution in [-0.4, -0.2) is 50.1 Å². The van der Waals surface area contributed by atoms with Crippen molar-refractivity contribution < 1.29 is 0 Å². The Morgan fingerprint density at radius 1 is 1.33 bits per heavy atom. The number of nitrogens with zero attached hydrogens (tertiary/aromatic N) is 6. The lowest BCUT2D eigenvalue weighted by molar-refractivity contribution is 0.460. The Bertz CT molecular complexity index is 777. The molecule has 150 valence electrons. The zero-order valence-electron chi connectivity index (χ0n) is 17.1. The molecule has 3 heterocycles. The van der Waals surface area contributed by atoms with Gasteiger partial charge in [0.15, 0.2) is 5.96 Å². The predicted molar refractivity (Wildman–Crippen MR) is 120 cm³/mol. The highest BCUT2D eigenvalue weighted by molar-refractivity contribution is 14.0. The molecule has 1 unspecified atom stereocenters. The van der Waals surface area contributed by atoms with Gasteiger partial charge in [0, 0.05) is 51.2 Å². The van der Waals surface area contributed by atoms with E-state index in [-0.39, 0.29) is 24.0 Å². The molecule has 0 aliphatic carbocycles. The zero-order valence-corrected chi connectivity index (χ0v) is 19.4. The largest absolute Gasteiger partial charge is 0.357 e. The second-order valence-electron chi connectivity index (χ2n) is 7.27. The summed E-state index contributed by atoms with van der Waals surface area (Å²) in [6.45, 7) is 9.96. The van der Waals surface area contributed by atoms with Crippen LogP contribution in [0.15, 0.2) is 17.4 Å². The molecule has 1 aliphatic rings. The van der Waals surface area contributed by atoms with Gasteiger partial charge in [-0.1, -0.05) is 0 Å². The van der Waals surface area contributed by atoms with Crippen molar-refractivity contribution in [2.24, 2.45) is 25.0 Å². The van der Waals surface area contributed by atoms with Gasteiger partial charge < -0.3 is 10.2 Å². The van der Waals surface area contributed by atoms with Crippen molar-refractivity contribution in [2.45, 2.75) is 40.2 Å². The molecule has 0 amide bonds. The molecule has 7 nitrogen and oxygen atoms in total. The SMILES string of the molecule is CCNC(=NCc1c(C)nn(C)c1C)N1CCC(Cc2cnn(C)c2)C1.I. The van der Waals surface area contributed by atoms with E-state index in [0.29, 0.717) is 12.5 Å². The summed E-state index contributed by atoms with van der Waals surface area (Å²) in [6, 6.07) is 0.